The van der Waals surface area contributed by atoms with Crippen molar-refractivity contribution < 1.29 is 9.59 Å². The van der Waals surface area contributed by atoms with Gasteiger partial charge in [-0.05, 0) is 54.4 Å². The van der Waals surface area contributed by atoms with Crippen molar-refractivity contribution in [1.29, 1.82) is 0 Å². The predicted molar refractivity (Wildman–Crippen MR) is 110 cm³/mol. The van der Waals surface area contributed by atoms with Crippen molar-refractivity contribution >= 4 is 35.1 Å². The molecule has 0 amide bonds. The number of Topliss-reactive ketones (excluding diaryl/α,β-unsaturated/α-hetero) is 2. The van der Waals surface area contributed by atoms with Crippen LogP contribution in [0.1, 0.15) is 6.42 Å². The van der Waals surface area contributed by atoms with Crippen molar-refractivity contribution in [2.24, 2.45) is 41.4 Å². The van der Waals surface area contributed by atoms with Crippen molar-refractivity contribution in [3.63, 3.8) is 0 Å². The van der Waals surface area contributed by atoms with Crippen LogP contribution in [0.4, 0.5) is 0 Å². The number of hydrogen-bond donors (Lipinski definition) is 0. The Morgan fingerprint density at radius 2 is 1.46 bits per heavy atom. The van der Waals surface area contributed by atoms with E-state index in [9.17, 15) is 9.59 Å². The lowest BCUT2D eigenvalue weighted by Gasteiger charge is -2.38. The first kappa shape index (κ1) is 16.3. The summed E-state index contributed by atoms with van der Waals surface area (Å²) in [6.07, 6.45) is 1.01. The number of thioether (sulfide) groups is 2. The van der Waals surface area contributed by atoms with E-state index in [-0.39, 0.29) is 21.8 Å². The first-order valence-electron chi connectivity index (χ1n) is 10.3. The number of benzene rings is 2. The van der Waals surface area contributed by atoms with Gasteiger partial charge in [-0.15, -0.1) is 23.5 Å². The molecule has 4 heteroatoms. The number of rotatable bonds is 5. The fraction of sp³-hybridized carbons (Fsp3) is 0.417. The second kappa shape index (κ2) is 5.34. The third kappa shape index (κ3) is 1.94. The molecule has 0 aromatic heterocycles. The molecule has 6 saturated carbocycles. The van der Waals surface area contributed by atoms with Crippen molar-refractivity contribution in [2.75, 3.05) is 0 Å². The lowest BCUT2D eigenvalue weighted by atomic mass is 9.83. The summed E-state index contributed by atoms with van der Waals surface area (Å²) in [5.41, 5.74) is 0. The minimum absolute atomic E-state index is 0.0648. The number of fused-ring (bicyclic) bond motifs is 2. The summed E-state index contributed by atoms with van der Waals surface area (Å²) in [6.45, 7) is 0. The van der Waals surface area contributed by atoms with E-state index < -0.39 is 0 Å². The van der Waals surface area contributed by atoms with Crippen LogP contribution in [-0.2, 0) is 9.59 Å². The molecule has 8 rings (SSSR count). The summed E-state index contributed by atoms with van der Waals surface area (Å²) in [5.74, 6) is 3.82. The Bertz CT molecular complexity index is 996. The van der Waals surface area contributed by atoms with Gasteiger partial charge in [0.1, 0.15) is 5.78 Å². The molecule has 6 aliphatic carbocycles. The normalized spacial score (nSPS) is 46.3. The van der Waals surface area contributed by atoms with Gasteiger partial charge in [0.2, 0.25) is 0 Å². The van der Waals surface area contributed by atoms with E-state index in [4.69, 9.17) is 0 Å². The summed E-state index contributed by atoms with van der Waals surface area (Å²) < 4.78 is -0.362. The molecule has 7 atom stereocenters. The molecular weight excluding hydrogens is 384 g/mol. The quantitative estimate of drug-likeness (QED) is 0.730. The molecule has 0 N–H and O–H groups in total. The Labute approximate surface area is 172 Å². The highest BCUT2D eigenvalue weighted by Gasteiger charge is 2.92. The number of carbonyl (C=O) groups is 2. The zero-order valence-corrected chi connectivity index (χ0v) is 16.9. The van der Waals surface area contributed by atoms with E-state index in [1.807, 2.05) is 24.3 Å². The predicted octanol–water partition coefficient (Wildman–Crippen LogP) is 4.59. The smallest absolute Gasteiger partial charge is 0.153 e. The maximum atomic E-state index is 13.6. The molecule has 2 bridgehead atoms. The van der Waals surface area contributed by atoms with Crippen LogP contribution in [-0.4, -0.2) is 21.6 Å². The van der Waals surface area contributed by atoms with Crippen LogP contribution < -0.4 is 0 Å². The van der Waals surface area contributed by atoms with Crippen molar-refractivity contribution in [1.82, 2.24) is 0 Å². The highest BCUT2D eigenvalue weighted by atomic mass is 32.2. The summed E-state index contributed by atoms with van der Waals surface area (Å²) >= 11 is 3.52. The summed E-state index contributed by atoms with van der Waals surface area (Å²) in [5, 5.41) is -0.0648. The first-order chi connectivity index (χ1) is 13.7. The number of hydrogen-bond acceptors (Lipinski definition) is 4. The van der Waals surface area contributed by atoms with Crippen LogP contribution in [0.2, 0.25) is 0 Å². The van der Waals surface area contributed by atoms with Gasteiger partial charge < -0.3 is 0 Å². The highest BCUT2D eigenvalue weighted by Crippen LogP contribution is 2.88. The lowest BCUT2D eigenvalue weighted by molar-refractivity contribution is -0.121. The standard InChI is InChI=1S/C24H20O2S2/c25-21-15-11-14(15)19(22(21)27-12-7-3-1-4-8-12)24(28-13-9-5-2-6-10-13)20-16-17(20)18(16)23(24)26/h1-10,14-20,22H,11H2/t14-,15+,16?,17?,18?,19+,20?,22-,24+/m1/s1. The highest BCUT2D eigenvalue weighted by molar-refractivity contribution is 8.02. The van der Waals surface area contributed by atoms with Gasteiger partial charge in [-0.2, -0.15) is 0 Å². The van der Waals surface area contributed by atoms with E-state index in [2.05, 4.69) is 36.4 Å². The Balaban J connectivity index is 1.31. The third-order valence-corrected chi connectivity index (χ3v) is 10.7. The van der Waals surface area contributed by atoms with E-state index in [1.165, 1.54) is 4.90 Å². The maximum absolute atomic E-state index is 13.6. The van der Waals surface area contributed by atoms with Crippen LogP contribution in [0.5, 0.6) is 0 Å². The van der Waals surface area contributed by atoms with Crippen LogP contribution >= 0.6 is 23.5 Å². The fourth-order valence-corrected chi connectivity index (χ4v) is 9.86. The largest absolute Gasteiger partial charge is 0.298 e. The molecule has 0 heterocycles. The molecule has 0 spiro atoms. The molecule has 2 unspecified atom stereocenters. The maximum Gasteiger partial charge on any atom is 0.153 e. The fourth-order valence-electron chi connectivity index (χ4n) is 6.49. The lowest BCUT2D eigenvalue weighted by Crippen LogP contribution is -2.46. The van der Waals surface area contributed by atoms with Gasteiger partial charge in [0, 0.05) is 27.5 Å². The van der Waals surface area contributed by atoms with Gasteiger partial charge >= 0.3 is 0 Å². The van der Waals surface area contributed by atoms with Crippen molar-refractivity contribution in [3.05, 3.63) is 60.7 Å². The molecule has 2 aromatic carbocycles. The Kier molecular flexibility index (Phi) is 3.11. The van der Waals surface area contributed by atoms with E-state index in [0.29, 0.717) is 41.2 Å². The molecule has 140 valence electrons. The Hall–Kier alpha value is -1.52. The Morgan fingerprint density at radius 3 is 2.07 bits per heavy atom. The Morgan fingerprint density at radius 1 is 0.821 bits per heavy atom. The van der Waals surface area contributed by atoms with Crippen molar-refractivity contribution in [2.45, 2.75) is 26.2 Å². The second-order valence-corrected chi connectivity index (χ2v) is 11.6. The van der Waals surface area contributed by atoms with E-state index in [1.54, 1.807) is 23.5 Å². The van der Waals surface area contributed by atoms with Crippen LogP contribution in [0.15, 0.2) is 70.5 Å². The van der Waals surface area contributed by atoms with Crippen LogP contribution in [0.3, 0.4) is 0 Å². The number of carbonyl (C=O) groups excluding carboxylic acids is 2. The van der Waals surface area contributed by atoms with Gasteiger partial charge in [-0.1, -0.05) is 36.4 Å². The zero-order chi connectivity index (χ0) is 18.6. The average Bonchev–Trinajstić information content (AvgIpc) is 3.63. The summed E-state index contributed by atoms with van der Waals surface area (Å²) in [7, 11) is 0. The SMILES string of the molecule is O=C1[C@H]2C[C@H]2[C@H]([C@@]2(Sc3ccccc3)C(=O)C3C4C3C42)[C@H]1Sc1ccccc1. The molecule has 28 heavy (non-hydrogen) atoms. The minimum atomic E-state index is -0.362. The summed E-state index contributed by atoms with van der Waals surface area (Å²) in [6, 6.07) is 20.7. The molecule has 2 nitrogen and oxygen atoms in total. The monoisotopic (exact) mass is 404 g/mol. The van der Waals surface area contributed by atoms with Crippen LogP contribution in [0, 0.1) is 41.4 Å². The average molecular weight is 405 g/mol. The van der Waals surface area contributed by atoms with Crippen molar-refractivity contribution in [3.8, 4) is 0 Å². The number of ketones is 2. The van der Waals surface area contributed by atoms with Crippen LogP contribution in [0.25, 0.3) is 0 Å². The molecule has 0 radical (unpaired) electrons. The third-order valence-electron chi connectivity index (χ3n) is 7.81. The molecule has 0 aliphatic heterocycles. The second-order valence-electron chi connectivity index (χ2n) is 9.06. The van der Waals surface area contributed by atoms with E-state index >= 15 is 0 Å². The minimum Gasteiger partial charge on any atom is -0.298 e. The zero-order valence-electron chi connectivity index (χ0n) is 15.2. The van der Waals surface area contributed by atoms with Gasteiger partial charge in [0.25, 0.3) is 0 Å². The van der Waals surface area contributed by atoms with E-state index in [0.717, 1.165) is 11.3 Å². The van der Waals surface area contributed by atoms with Gasteiger partial charge in [-0.25, -0.2) is 0 Å². The first-order valence-corrected chi connectivity index (χ1v) is 12.0. The molecule has 6 fully saturated rings. The summed E-state index contributed by atoms with van der Waals surface area (Å²) in [4.78, 5) is 29.1. The molecule has 6 aliphatic rings. The molecule has 2 aromatic rings. The van der Waals surface area contributed by atoms with Gasteiger partial charge in [0.15, 0.2) is 5.78 Å². The molecular formula is C24H20O2S2. The topological polar surface area (TPSA) is 34.1 Å². The molecule has 0 saturated heterocycles. The van der Waals surface area contributed by atoms with Gasteiger partial charge in [0.05, 0.1) is 10.00 Å². The van der Waals surface area contributed by atoms with Gasteiger partial charge in [-0.3, -0.25) is 9.59 Å².